The maximum atomic E-state index is 12.8. The number of unbranched alkanes of at least 4 members (excludes halogenated alkanes) is 27. The van der Waals surface area contributed by atoms with Crippen LogP contribution in [0.25, 0.3) is 0 Å². The third-order valence-electron chi connectivity index (χ3n) is 11.6. The molecule has 0 bridgehead atoms. The van der Waals surface area contributed by atoms with Gasteiger partial charge in [-0.05, 0) is 38.5 Å². The van der Waals surface area contributed by atoms with Gasteiger partial charge in [0.15, 0.2) is 6.10 Å². The Morgan fingerprint density at radius 3 is 1.25 bits per heavy atom. The maximum absolute atomic E-state index is 12.8. The van der Waals surface area contributed by atoms with Gasteiger partial charge in [-0.25, -0.2) is 4.57 Å². The van der Waals surface area contributed by atoms with E-state index in [2.05, 4.69) is 26.0 Å². The lowest BCUT2D eigenvalue weighted by Gasteiger charge is -2.41. The highest BCUT2D eigenvalue weighted by molar-refractivity contribution is 7.47. The van der Waals surface area contributed by atoms with Gasteiger partial charge in [0.2, 0.25) is 0 Å². The summed E-state index contributed by atoms with van der Waals surface area (Å²) in [4.78, 5) is 35.7. The van der Waals surface area contributed by atoms with Crippen molar-refractivity contribution in [1.82, 2.24) is 0 Å². The monoisotopic (exact) mass is 893 g/mol. The summed E-state index contributed by atoms with van der Waals surface area (Å²) in [6.45, 7) is 3.31. The Hall–Kier alpha value is -1.41. The van der Waals surface area contributed by atoms with Crippen molar-refractivity contribution in [3.63, 3.8) is 0 Å². The highest BCUT2D eigenvalue weighted by atomic mass is 31.2. The van der Waals surface area contributed by atoms with Gasteiger partial charge in [-0.2, -0.15) is 0 Å². The van der Waals surface area contributed by atoms with E-state index in [4.69, 9.17) is 18.5 Å². The molecule has 1 aliphatic rings. The molecule has 6 unspecified atom stereocenters. The van der Waals surface area contributed by atoms with Gasteiger partial charge in [0.05, 0.1) is 6.61 Å². The summed E-state index contributed by atoms with van der Waals surface area (Å²) in [5.74, 6) is -1.10. The van der Waals surface area contributed by atoms with Crippen molar-refractivity contribution in [2.75, 3.05) is 13.2 Å². The number of phosphoric acid groups is 1. The zero-order valence-electron chi connectivity index (χ0n) is 38.2. The molecule has 6 atom stereocenters. The number of phosphoric ester groups is 1. The number of hydrogen-bond acceptors (Lipinski definition) is 12. The van der Waals surface area contributed by atoms with Crippen molar-refractivity contribution >= 4 is 19.8 Å². The predicted octanol–water partition coefficient (Wildman–Crippen LogP) is 9.84. The van der Waals surface area contributed by atoms with E-state index in [0.717, 1.165) is 57.8 Å². The SMILES string of the molecule is CCCCCCCC/C=C\CCCCCCCC(=O)OC(COC(=O)CCCCCCCCCCCCCCCCCCC)COP(=O)(O)OC1C(O)C(O)C(O)C(O)C1O. The normalized spacial score (nSPS) is 22.0. The molecule has 6 N–H and O–H groups in total. The molecule has 0 aromatic heterocycles. The van der Waals surface area contributed by atoms with Crippen LogP contribution in [-0.4, -0.2) is 98.3 Å². The number of aliphatic hydroxyl groups excluding tert-OH is 5. The maximum Gasteiger partial charge on any atom is 0.472 e. The number of esters is 2. The first-order chi connectivity index (χ1) is 29.4. The van der Waals surface area contributed by atoms with Crippen molar-refractivity contribution in [3.05, 3.63) is 12.2 Å². The molecule has 0 saturated heterocycles. The molecule has 0 aromatic rings. The van der Waals surface area contributed by atoms with Crippen LogP contribution in [0, 0.1) is 0 Å². The molecule has 360 valence electrons. The van der Waals surface area contributed by atoms with Crippen LogP contribution in [0.15, 0.2) is 12.2 Å². The number of allylic oxidation sites excluding steroid dienone is 2. The standard InChI is InChI=1S/C47H89O13P/c1-3-5-7-9-11-13-15-17-19-20-22-23-25-27-29-31-33-35-40(48)57-37-39(38-58-61(55,56)60-47-45(53)43(51)42(50)44(52)46(47)54)59-41(49)36-34-32-30-28-26-24-21-18-16-14-12-10-8-6-4-2/h18,21,39,42-47,50-54H,3-17,19-20,22-38H2,1-2H3,(H,55,56)/b21-18-. The number of carbonyl (C=O) groups excluding carboxylic acids is 2. The number of aliphatic hydroxyl groups is 5. The summed E-state index contributed by atoms with van der Waals surface area (Å²) in [6, 6.07) is 0. The van der Waals surface area contributed by atoms with E-state index in [1.165, 1.54) is 122 Å². The van der Waals surface area contributed by atoms with Crippen LogP contribution < -0.4 is 0 Å². The second kappa shape index (κ2) is 37.9. The smallest absolute Gasteiger partial charge is 0.462 e. The number of hydrogen-bond donors (Lipinski definition) is 6. The lowest BCUT2D eigenvalue weighted by atomic mass is 9.85. The van der Waals surface area contributed by atoms with E-state index in [1.54, 1.807) is 0 Å². The van der Waals surface area contributed by atoms with Gasteiger partial charge in [-0.3, -0.25) is 18.6 Å². The minimum absolute atomic E-state index is 0.0910. The zero-order valence-corrected chi connectivity index (χ0v) is 39.1. The highest BCUT2D eigenvalue weighted by Gasteiger charge is 2.51. The lowest BCUT2D eigenvalue weighted by molar-refractivity contribution is -0.220. The second-order valence-corrected chi connectivity index (χ2v) is 18.7. The van der Waals surface area contributed by atoms with E-state index < -0.39 is 75.7 Å². The van der Waals surface area contributed by atoms with Crippen LogP contribution in [0.5, 0.6) is 0 Å². The molecule has 0 aliphatic heterocycles. The molecule has 13 nitrogen and oxygen atoms in total. The molecule has 0 amide bonds. The Kier molecular flexibility index (Phi) is 35.8. The molecule has 14 heteroatoms. The summed E-state index contributed by atoms with van der Waals surface area (Å²) < 4.78 is 33.6. The van der Waals surface area contributed by atoms with Gasteiger partial charge in [-0.1, -0.05) is 180 Å². The summed E-state index contributed by atoms with van der Waals surface area (Å²) in [6.07, 6.45) is 26.9. The molecular weight excluding hydrogens is 803 g/mol. The van der Waals surface area contributed by atoms with E-state index in [-0.39, 0.29) is 12.8 Å². The van der Waals surface area contributed by atoms with Gasteiger partial charge in [-0.15, -0.1) is 0 Å². The topological polar surface area (TPSA) is 210 Å². The average molecular weight is 893 g/mol. The van der Waals surface area contributed by atoms with Crippen LogP contribution in [0.1, 0.15) is 219 Å². The quantitative estimate of drug-likeness (QED) is 0.0146. The van der Waals surface area contributed by atoms with Gasteiger partial charge in [0, 0.05) is 12.8 Å². The summed E-state index contributed by atoms with van der Waals surface area (Å²) in [5.41, 5.74) is 0. The van der Waals surface area contributed by atoms with Gasteiger partial charge < -0.3 is 39.9 Å². The van der Waals surface area contributed by atoms with E-state index in [9.17, 15) is 44.6 Å². The molecule has 0 radical (unpaired) electrons. The first kappa shape index (κ1) is 57.6. The molecule has 1 rings (SSSR count). The van der Waals surface area contributed by atoms with Crippen LogP contribution in [0.4, 0.5) is 0 Å². The lowest BCUT2D eigenvalue weighted by Crippen LogP contribution is -2.64. The van der Waals surface area contributed by atoms with Gasteiger partial charge in [0.1, 0.15) is 43.2 Å². The second-order valence-electron chi connectivity index (χ2n) is 17.3. The van der Waals surface area contributed by atoms with Crippen LogP contribution in [0.3, 0.4) is 0 Å². The minimum Gasteiger partial charge on any atom is -0.462 e. The van der Waals surface area contributed by atoms with Crippen molar-refractivity contribution in [3.8, 4) is 0 Å². The Balaban J connectivity index is 2.42. The van der Waals surface area contributed by atoms with E-state index in [0.29, 0.717) is 12.8 Å². The highest BCUT2D eigenvalue weighted by Crippen LogP contribution is 2.47. The average Bonchev–Trinajstić information content (AvgIpc) is 3.24. The van der Waals surface area contributed by atoms with Crippen LogP contribution in [0.2, 0.25) is 0 Å². The van der Waals surface area contributed by atoms with Gasteiger partial charge >= 0.3 is 19.8 Å². The Morgan fingerprint density at radius 2 is 0.836 bits per heavy atom. The number of ether oxygens (including phenoxy) is 2. The fraction of sp³-hybridized carbons (Fsp3) is 0.915. The summed E-state index contributed by atoms with van der Waals surface area (Å²) >= 11 is 0. The molecular formula is C47H89O13P. The molecule has 0 aromatic carbocycles. The molecule has 1 fully saturated rings. The van der Waals surface area contributed by atoms with E-state index >= 15 is 0 Å². The third-order valence-corrected chi connectivity index (χ3v) is 12.6. The van der Waals surface area contributed by atoms with Crippen LogP contribution in [-0.2, 0) is 32.7 Å². The van der Waals surface area contributed by atoms with Crippen molar-refractivity contribution < 1.29 is 63.1 Å². The Morgan fingerprint density at radius 1 is 0.492 bits per heavy atom. The van der Waals surface area contributed by atoms with Gasteiger partial charge in [0.25, 0.3) is 0 Å². The first-order valence-electron chi connectivity index (χ1n) is 24.5. The summed E-state index contributed by atoms with van der Waals surface area (Å²) in [5, 5.41) is 50.2. The summed E-state index contributed by atoms with van der Waals surface area (Å²) in [7, 11) is -5.12. The zero-order chi connectivity index (χ0) is 45.0. The largest absolute Gasteiger partial charge is 0.472 e. The Labute approximate surface area is 369 Å². The fourth-order valence-electron chi connectivity index (χ4n) is 7.64. The molecule has 61 heavy (non-hydrogen) atoms. The van der Waals surface area contributed by atoms with Crippen molar-refractivity contribution in [2.24, 2.45) is 0 Å². The number of carbonyl (C=O) groups is 2. The van der Waals surface area contributed by atoms with Crippen molar-refractivity contribution in [2.45, 2.75) is 262 Å². The molecule has 0 heterocycles. The van der Waals surface area contributed by atoms with E-state index in [1.807, 2.05) is 0 Å². The third kappa shape index (κ3) is 30.4. The number of rotatable bonds is 41. The van der Waals surface area contributed by atoms with Crippen molar-refractivity contribution in [1.29, 1.82) is 0 Å². The molecule has 1 aliphatic carbocycles. The molecule has 0 spiro atoms. The molecule has 1 saturated carbocycles. The first-order valence-corrected chi connectivity index (χ1v) is 26.0. The fourth-order valence-corrected chi connectivity index (χ4v) is 8.61. The Bertz CT molecular complexity index is 1120. The van der Waals surface area contributed by atoms with Crippen LogP contribution >= 0.6 is 7.82 Å². The minimum atomic E-state index is -5.12. The predicted molar refractivity (Wildman–Crippen MR) is 240 cm³/mol.